The molecule has 1 aromatic heterocycles. The quantitative estimate of drug-likeness (QED) is 0.764. The maximum atomic E-state index is 5.55. The van der Waals surface area contributed by atoms with Gasteiger partial charge in [0.15, 0.2) is 0 Å². The molecule has 0 saturated carbocycles. The third-order valence-corrected chi connectivity index (χ3v) is 2.65. The molecule has 3 heteroatoms. The molecular weight excluding hydrogens is 164 g/mol. The first-order chi connectivity index (χ1) is 6.42. The predicted octanol–water partition coefficient (Wildman–Crippen LogP) is 1.38. The van der Waals surface area contributed by atoms with Crippen LogP contribution in [0.1, 0.15) is 24.6 Å². The van der Waals surface area contributed by atoms with Crippen molar-refractivity contribution in [3.63, 3.8) is 0 Å². The summed E-state index contributed by atoms with van der Waals surface area (Å²) in [4.78, 5) is 2.40. The lowest BCUT2D eigenvalue weighted by atomic mass is 10.2. The number of rotatable bonds is 3. The van der Waals surface area contributed by atoms with Gasteiger partial charge in [0.2, 0.25) is 0 Å². The van der Waals surface area contributed by atoms with Crippen LogP contribution in [0.4, 0.5) is 0 Å². The highest BCUT2D eigenvalue weighted by atomic mass is 16.3. The molecule has 13 heavy (non-hydrogen) atoms. The van der Waals surface area contributed by atoms with Crippen molar-refractivity contribution in [1.82, 2.24) is 4.90 Å². The Labute approximate surface area is 78.5 Å². The zero-order valence-corrected chi connectivity index (χ0v) is 7.78. The summed E-state index contributed by atoms with van der Waals surface area (Å²) in [6.07, 6.45) is 4.20. The van der Waals surface area contributed by atoms with Crippen molar-refractivity contribution in [2.24, 2.45) is 5.73 Å². The third-order valence-electron chi connectivity index (χ3n) is 2.65. The van der Waals surface area contributed by atoms with E-state index in [1.807, 2.05) is 6.07 Å². The summed E-state index contributed by atoms with van der Waals surface area (Å²) in [6, 6.07) is 4.48. The van der Waals surface area contributed by atoms with Gasteiger partial charge in [0.05, 0.1) is 12.3 Å². The molecule has 2 rings (SSSR count). The van der Waals surface area contributed by atoms with Gasteiger partial charge < -0.3 is 10.2 Å². The van der Waals surface area contributed by atoms with Gasteiger partial charge in [-0.3, -0.25) is 4.90 Å². The molecule has 1 saturated heterocycles. The lowest BCUT2D eigenvalue weighted by Gasteiger charge is -2.21. The van der Waals surface area contributed by atoms with Crippen molar-refractivity contribution in [1.29, 1.82) is 0 Å². The molecule has 3 nitrogen and oxygen atoms in total. The Balaban J connectivity index is 2.05. The van der Waals surface area contributed by atoms with Crippen LogP contribution >= 0.6 is 0 Å². The lowest BCUT2D eigenvalue weighted by molar-refractivity contribution is 0.235. The molecule has 0 unspecified atom stereocenters. The van der Waals surface area contributed by atoms with Gasteiger partial charge >= 0.3 is 0 Å². The second-order valence-corrected chi connectivity index (χ2v) is 3.50. The second-order valence-electron chi connectivity index (χ2n) is 3.50. The highest BCUT2D eigenvalue weighted by molar-refractivity contribution is 5.06. The van der Waals surface area contributed by atoms with E-state index in [4.69, 9.17) is 10.2 Å². The van der Waals surface area contributed by atoms with E-state index in [9.17, 15) is 0 Å². The summed E-state index contributed by atoms with van der Waals surface area (Å²) in [6.45, 7) is 2.87. The van der Waals surface area contributed by atoms with Crippen molar-refractivity contribution < 1.29 is 4.42 Å². The number of nitrogens with two attached hydrogens (primary N) is 1. The zero-order chi connectivity index (χ0) is 9.10. The third kappa shape index (κ3) is 1.76. The fourth-order valence-corrected chi connectivity index (χ4v) is 2.06. The molecule has 0 amide bonds. The Bertz CT molecular complexity index is 245. The summed E-state index contributed by atoms with van der Waals surface area (Å²) in [5.74, 6) is 1.09. The van der Waals surface area contributed by atoms with Gasteiger partial charge in [-0.25, -0.2) is 0 Å². The van der Waals surface area contributed by atoms with Crippen LogP contribution in [0.2, 0.25) is 0 Å². The standard InChI is InChI=1S/C10H16N2O/c11-5-7-12-6-1-3-9(12)10-4-2-8-13-10/h2,4,8-9H,1,3,5-7,11H2/t9-/m0/s1. The van der Waals surface area contributed by atoms with E-state index in [-0.39, 0.29) is 0 Å². The lowest BCUT2D eigenvalue weighted by Crippen LogP contribution is -2.28. The summed E-state index contributed by atoms with van der Waals surface area (Å²) in [5.41, 5.74) is 5.55. The average molecular weight is 180 g/mol. The normalized spacial score (nSPS) is 23.9. The molecule has 1 aromatic rings. The Kier molecular flexibility index (Phi) is 2.66. The fourth-order valence-electron chi connectivity index (χ4n) is 2.06. The van der Waals surface area contributed by atoms with Gasteiger partial charge in [-0.2, -0.15) is 0 Å². The molecule has 1 atom stereocenters. The summed E-state index contributed by atoms with van der Waals surface area (Å²) in [7, 11) is 0. The molecule has 0 radical (unpaired) electrons. The zero-order valence-electron chi connectivity index (χ0n) is 7.78. The van der Waals surface area contributed by atoms with Crippen molar-refractivity contribution in [2.75, 3.05) is 19.6 Å². The maximum Gasteiger partial charge on any atom is 0.120 e. The summed E-state index contributed by atoms with van der Waals surface area (Å²) < 4.78 is 5.41. The number of likely N-dealkylation sites (tertiary alicyclic amines) is 1. The largest absolute Gasteiger partial charge is 0.468 e. The van der Waals surface area contributed by atoms with E-state index >= 15 is 0 Å². The van der Waals surface area contributed by atoms with Crippen LogP contribution in [0.3, 0.4) is 0 Å². The van der Waals surface area contributed by atoms with E-state index < -0.39 is 0 Å². The minimum atomic E-state index is 0.471. The van der Waals surface area contributed by atoms with Crippen molar-refractivity contribution in [3.05, 3.63) is 24.2 Å². The summed E-state index contributed by atoms with van der Waals surface area (Å²) in [5, 5.41) is 0. The molecule has 0 bridgehead atoms. The van der Waals surface area contributed by atoms with Gasteiger partial charge in [0.1, 0.15) is 5.76 Å². The summed E-state index contributed by atoms with van der Waals surface area (Å²) >= 11 is 0. The molecule has 1 fully saturated rings. The van der Waals surface area contributed by atoms with Crippen molar-refractivity contribution >= 4 is 0 Å². The highest BCUT2D eigenvalue weighted by Gasteiger charge is 2.26. The molecule has 0 aliphatic carbocycles. The van der Waals surface area contributed by atoms with E-state index in [0.717, 1.165) is 25.4 Å². The Morgan fingerprint density at radius 3 is 3.23 bits per heavy atom. The first-order valence-electron chi connectivity index (χ1n) is 4.89. The predicted molar refractivity (Wildman–Crippen MR) is 51.3 cm³/mol. The molecule has 1 aliphatic rings. The van der Waals surface area contributed by atoms with Crippen molar-refractivity contribution in [2.45, 2.75) is 18.9 Å². The number of nitrogens with zero attached hydrogens (tertiary/aromatic N) is 1. The fraction of sp³-hybridized carbons (Fsp3) is 0.600. The molecule has 0 aromatic carbocycles. The van der Waals surface area contributed by atoms with Crippen LogP contribution in [0.15, 0.2) is 22.8 Å². The van der Waals surface area contributed by atoms with E-state index in [2.05, 4.69) is 11.0 Å². The minimum Gasteiger partial charge on any atom is -0.468 e. The van der Waals surface area contributed by atoms with Crippen molar-refractivity contribution in [3.8, 4) is 0 Å². The first-order valence-corrected chi connectivity index (χ1v) is 4.89. The SMILES string of the molecule is NCCN1CCC[C@H]1c1ccco1. The number of hydrogen-bond donors (Lipinski definition) is 1. The van der Waals surface area contributed by atoms with Gasteiger partial charge in [-0.05, 0) is 31.5 Å². The molecule has 2 heterocycles. The first kappa shape index (κ1) is 8.78. The van der Waals surface area contributed by atoms with Crippen LogP contribution in [-0.4, -0.2) is 24.5 Å². The van der Waals surface area contributed by atoms with E-state index in [1.54, 1.807) is 6.26 Å². The molecule has 2 N–H and O–H groups in total. The second kappa shape index (κ2) is 3.94. The molecule has 0 spiro atoms. The Morgan fingerprint density at radius 2 is 2.54 bits per heavy atom. The monoisotopic (exact) mass is 180 g/mol. The maximum absolute atomic E-state index is 5.55. The average Bonchev–Trinajstić information content (AvgIpc) is 2.71. The van der Waals surface area contributed by atoms with Gasteiger partial charge in [-0.1, -0.05) is 0 Å². The van der Waals surface area contributed by atoms with Crippen LogP contribution in [0, 0.1) is 0 Å². The van der Waals surface area contributed by atoms with Crippen LogP contribution in [0.5, 0.6) is 0 Å². The van der Waals surface area contributed by atoms with Gasteiger partial charge in [0.25, 0.3) is 0 Å². The minimum absolute atomic E-state index is 0.471. The van der Waals surface area contributed by atoms with Crippen LogP contribution in [-0.2, 0) is 0 Å². The molecular formula is C10H16N2O. The Morgan fingerprint density at radius 1 is 1.62 bits per heavy atom. The number of hydrogen-bond acceptors (Lipinski definition) is 3. The topological polar surface area (TPSA) is 42.4 Å². The van der Waals surface area contributed by atoms with Gasteiger partial charge in [0, 0.05) is 13.1 Å². The van der Waals surface area contributed by atoms with Crippen LogP contribution < -0.4 is 5.73 Å². The highest BCUT2D eigenvalue weighted by Crippen LogP contribution is 2.31. The number of furan rings is 1. The van der Waals surface area contributed by atoms with Crippen LogP contribution in [0.25, 0.3) is 0 Å². The van der Waals surface area contributed by atoms with Gasteiger partial charge in [-0.15, -0.1) is 0 Å². The van der Waals surface area contributed by atoms with E-state index in [1.165, 1.54) is 12.8 Å². The molecule has 72 valence electrons. The van der Waals surface area contributed by atoms with E-state index in [0.29, 0.717) is 6.04 Å². The molecule has 1 aliphatic heterocycles. The smallest absolute Gasteiger partial charge is 0.120 e. The Hall–Kier alpha value is -0.800.